The van der Waals surface area contributed by atoms with E-state index in [2.05, 4.69) is 26.0 Å². The molecule has 0 spiro atoms. The zero-order valence-electron chi connectivity index (χ0n) is 9.33. The van der Waals surface area contributed by atoms with Crippen LogP contribution in [0, 0.1) is 5.82 Å². The average molecular weight is 325 g/mol. The van der Waals surface area contributed by atoms with Crippen molar-refractivity contribution >= 4 is 31.6 Å². The molecule has 4 nitrogen and oxygen atoms in total. The minimum atomic E-state index is -3.50. The van der Waals surface area contributed by atoms with E-state index in [0.29, 0.717) is 17.4 Å². The third-order valence-electron chi connectivity index (χ3n) is 2.03. The van der Waals surface area contributed by atoms with Gasteiger partial charge in [0.25, 0.3) is 0 Å². The Bertz CT molecular complexity index is 479. The summed E-state index contributed by atoms with van der Waals surface area (Å²) < 4.78 is 39.4. The average Bonchev–Trinajstić information content (AvgIpc) is 2.23. The molecule has 0 aliphatic heterocycles. The number of halogens is 2. The summed E-state index contributed by atoms with van der Waals surface area (Å²) in [7, 11) is -1.75. The molecule has 0 saturated heterocycles. The van der Waals surface area contributed by atoms with E-state index in [9.17, 15) is 12.8 Å². The summed E-state index contributed by atoms with van der Waals surface area (Å²) in [5.41, 5.74) is -0.0381. The lowest BCUT2D eigenvalue weighted by atomic mass is 10.3. The molecule has 7 heteroatoms. The highest BCUT2D eigenvalue weighted by molar-refractivity contribution is 9.10. The predicted octanol–water partition coefficient (Wildman–Crippen LogP) is 1.94. The molecule has 1 rings (SSSR count). The second-order valence-corrected chi connectivity index (χ2v) is 6.26. The summed E-state index contributed by atoms with van der Waals surface area (Å²) in [4.78, 5) is 0. The Balaban J connectivity index is 2.72. The topological polar surface area (TPSA) is 58.2 Å². The van der Waals surface area contributed by atoms with Gasteiger partial charge in [-0.05, 0) is 38.2 Å². The van der Waals surface area contributed by atoms with Gasteiger partial charge in [-0.15, -0.1) is 0 Å². The maximum absolute atomic E-state index is 13.3. The van der Waals surface area contributed by atoms with Crippen molar-refractivity contribution in [2.45, 2.75) is 6.42 Å². The molecule has 0 radical (unpaired) electrons. The molecule has 0 aromatic heterocycles. The molecule has 0 heterocycles. The van der Waals surface area contributed by atoms with E-state index in [1.165, 1.54) is 18.2 Å². The van der Waals surface area contributed by atoms with Crippen LogP contribution >= 0.6 is 15.9 Å². The molecule has 0 saturated carbocycles. The van der Waals surface area contributed by atoms with E-state index < -0.39 is 15.8 Å². The van der Waals surface area contributed by atoms with Crippen LogP contribution in [0.3, 0.4) is 0 Å². The summed E-state index contributed by atoms with van der Waals surface area (Å²) in [5.74, 6) is -0.634. The summed E-state index contributed by atoms with van der Waals surface area (Å²) in [5, 5.41) is 2.85. The van der Waals surface area contributed by atoms with E-state index >= 15 is 0 Å². The number of anilines is 1. The number of benzene rings is 1. The smallest absolute Gasteiger partial charge is 0.232 e. The zero-order chi connectivity index (χ0) is 12.9. The van der Waals surface area contributed by atoms with Gasteiger partial charge in [0.2, 0.25) is 10.0 Å². The number of rotatable bonds is 6. The van der Waals surface area contributed by atoms with Gasteiger partial charge in [0.05, 0.1) is 11.4 Å². The molecular formula is C10H14BrFN2O2S. The van der Waals surface area contributed by atoms with E-state index in [0.717, 1.165) is 0 Å². The van der Waals surface area contributed by atoms with Crippen LogP contribution in [0.1, 0.15) is 6.42 Å². The molecule has 0 aliphatic carbocycles. The minimum Gasteiger partial charge on any atom is -0.320 e. The van der Waals surface area contributed by atoms with Crippen molar-refractivity contribution in [3.05, 3.63) is 28.5 Å². The Kier molecular flexibility index (Phi) is 5.35. The monoisotopic (exact) mass is 324 g/mol. The first-order valence-electron chi connectivity index (χ1n) is 5.05. The van der Waals surface area contributed by atoms with Gasteiger partial charge in [0, 0.05) is 4.47 Å². The molecule has 1 aromatic rings. The van der Waals surface area contributed by atoms with Crippen molar-refractivity contribution in [2.24, 2.45) is 0 Å². The first-order valence-corrected chi connectivity index (χ1v) is 7.49. The SMILES string of the molecule is CNCCCS(=O)(=O)Nc1cc(Br)ccc1F. The summed E-state index contributed by atoms with van der Waals surface area (Å²) in [6.07, 6.45) is 0.474. The predicted molar refractivity (Wildman–Crippen MR) is 70.1 cm³/mol. The third kappa shape index (κ3) is 5.01. The van der Waals surface area contributed by atoms with Gasteiger partial charge in [-0.25, -0.2) is 12.8 Å². The zero-order valence-corrected chi connectivity index (χ0v) is 11.7. The number of hydrogen-bond acceptors (Lipinski definition) is 3. The summed E-state index contributed by atoms with van der Waals surface area (Å²) in [6.45, 7) is 0.599. The fraction of sp³-hybridized carbons (Fsp3) is 0.400. The van der Waals surface area contributed by atoms with Crippen molar-refractivity contribution in [1.29, 1.82) is 0 Å². The standard InChI is InChI=1S/C10H14BrFN2O2S/c1-13-5-2-6-17(15,16)14-10-7-8(11)3-4-9(10)12/h3-4,7,13-14H,2,5-6H2,1H3. The van der Waals surface area contributed by atoms with E-state index in [1.54, 1.807) is 7.05 Å². The molecule has 0 fully saturated rings. The normalized spacial score (nSPS) is 11.5. The van der Waals surface area contributed by atoms with Crippen molar-refractivity contribution in [3.8, 4) is 0 Å². The lowest BCUT2D eigenvalue weighted by Gasteiger charge is -2.09. The molecule has 0 amide bonds. The lowest BCUT2D eigenvalue weighted by molar-refractivity contribution is 0.594. The van der Waals surface area contributed by atoms with Crippen LogP contribution in [0.15, 0.2) is 22.7 Å². The molecule has 0 aliphatic rings. The van der Waals surface area contributed by atoms with Crippen LogP contribution in [0.2, 0.25) is 0 Å². The molecule has 1 aromatic carbocycles. The second-order valence-electron chi connectivity index (χ2n) is 3.50. The van der Waals surface area contributed by atoms with E-state index in [1.807, 2.05) is 0 Å². The molecule has 0 unspecified atom stereocenters. The molecule has 0 bridgehead atoms. The Morgan fingerprint density at radius 3 is 2.76 bits per heavy atom. The van der Waals surface area contributed by atoms with Gasteiger partial charge < -0.3 is 5.32 Å². The second kappa shape index (κ2) is 6.32. The molecule has 96 valence electrons. The van der Waals surface area contributed by atoms with Crippen LogP contribution in [-0.2, 0) is 10.0 Å². The maximum atomic E-state index is 13.3. The first-order chi connectivity index (χ1) is 7.94. The van der Waals surface area contributed by atoms with Crippen LogP contribution in [-0.4, -0.2) is 27.8 Å². The van der Waals surface area contributed by atoms with Gasteiger partial charge in [0.1, 0.15) is 5.82 Å². The third-order valence-corrected chi connectivity index (χ3v) is 3.88. The molecule has 2 N–H and O–H groups in total. The number of nitrogens with one attached hydrogen (secondary N) is 2. The maximum Gasteiger partial charge on any atom is 0.232 e. The quantitative estimate of drug-likeness (QED) is 0.786. The Morgan fingerprint density at radius 1 is 1.41 bits per heavy atom. The summed E-state index contributed by atoms with van der Waals surface area (Å²) >= 11 is 3.16. The first kappa shape index (κ1) is 14.4. The van der Waals surface area contributed by atoms with Crippen LogP contribution in [0.25, 0.3) is 0 Å². The van der Waals surface area contributed by atoms with Crippen molar-refractivity contribution in [2.75, 3.05) is 24.1 Å². The van der Waals surface area contributed by atoms with Crippen LogP contribution in [0.5, 0.6) is 0 Å². The largest absolute Gasteiger partial charge is 0.320 e. The lowest BCUT2D eigenvalue weighted by Crippen LogP contribution is -2.20. The van der Waals surface area contributed by atoms with Crippen molar-refractivity contribution < 1.29 is 12.8 Å². The van der Waals surface area contributed by atoms with E-state index in [-0.39, 0.29) is 11.4 Å². The Labute approximate surface area is 109 Å². The number of sulfonamides is 1. The van der Waals surface area contributed by atoms with E-state index in [4.69, 9.17) is 0 Å². The molecule has 0 atom stereocenters. The van der Waals surface area contributed by atoms with Crippen molar-refractivity contribution in [3.63, 3.8) is 0 Å². The van der Waals surface area contributed by atoms with Crippen molar-refractivity contribution in [1.82, 2.24) is 5.32 Å². The van der Waals surface area contributed by atoms with Gasteiger partial charge >= 0.3 is 0 Å². The molecule has 17 heavy (non-hydrogen) atoms. The number of hydrogen-bond donors (Lipinski definition) is 2. The van der Waals surface area contributed by atoms with Gasteiger partial charge in [-0.2, -0.15) is 0 Å². The highest BCUT2D eigenvalue weighted by Crippen LogP contribution is 2.21. The van der Waals surface area contributed by atoms with Gasteiger partial charge in [-0.1, -0.05) is 15.9 Å². The highest BCUT2D eigenvalue weighted by Gasteiger charge is 2.12. The fourth-order valence-electron chi connectivity index (χ4n) is 1.23. The van der Waals surface area contributed by atoms with Gasteiger partial charge in [0.15, 0.2) is 0 Å². The van der Waals surface area contributed by atoms with Gasteiger partial charge in [-0.3, -0.25) is 4.72 Å². The summed E-state index contributed by atoms with van der Waals surface area (Å²) in [6, 6.07) is 4.11. The van der Waals surface area contributed by atoms with Crippen LogP contribution < -0.4 is 10.0 Å². The molecular weight excluding hydrogens is 311 g/mol. The fourth-order valence-corrected chi connectivity index (χ4v) is 2.71. The highest BCUT2D eigenvalue weighted by atomic mass is 79.9. The minimum absolute atomic E-state index is 0.0381. The van der Waals surface area contributed by atoms with Crippen LogP contribution in [0.4, 0.5) is 10.1 Å². The Hall–Kier alpha value is -0.660. The Morgan fingerprint density at radius 2 is 2.12 bits per heavy atom.